The van der Waals surface area contributed by atoms with E-state index in [-0.39, 0.29) is 12.5 Å². The second kappa shape index (κ2) is 8.37. The van der Waals surface area contributed by atoms with Crippen LogP contribution in [0.2, 0.25) is 5.02 Å². The summed E-state index contributed by atoms with van der Waals surface area (Å²) in [7, 11) is 0. The molecule has 1 amide bonds. The molecule has 0 saturated carbocycles. The molecular formula is C21H16ClN3O2S. The van der Waals surface area contributed by atoms with Crippen LogP contribution in [0.1, 0.15) is 5.56 Å². The van der Waals surface area contributed by atoms with Crippen molar-refractivity contribution in [3.05, 3.63) is 83.6 Å². The van der Waals surface area contributed by atoms with Crippen molar-refractivity contribution >= 4 is 44.2 Å². The molecule has 0 spiro atoms. The number of nitrogens with zero attached hydrogens (tertiary/aromatic N) is 3. The SMILES string of the molecule is O=C(COc1ccccc1)N(Cc1cccnc1)c1nc2c(Cl)cccc2s1. The average molecular weight is 410 g/mol. The number of carbonyl (C=O) groups is 1. The second-order valence-corrected chi connectivity index (χ2v) is 7.44. The van der Waals surface area contributed by atoms with E-state index in [2.05, 4.69) is 9.97 Å². The number of carbonyl (C=O) groups excluding carboxylic acids is 1. The summed E-state index contributed by atoms with van der Waals surface area (Å²) in [4.78, 5) is 23.3. The predicted molar refractivity (Wildman–Crippen MR) is 112 cm³/mol. The van der Waals surface area contributed by atoms with Crippen molar-refractivity contribution in [3.8, 4) is 5.75 Å². The van der Waals surface area contributed by atoms with Crippen molar-refractivity contribution in [1.82, 2.24) is 9.97 Å². The Hall–Kier alpha value is -2.96. The van der Waals surface area contributed by atoms with E-state index in [1.165, 1.54) is 11.3 Å². The lowest BCUT2D eigenvalue weighted by Crippen LogP contribution is -2.34. The smallest absolute Gasteiger partial charge is 0.267 e. The van der Waals surface area contributed by atoms with Gasteiger partial charge < -0.3 is 4.74 Å². The van der Waals surface area contributed by atoms with E-state index >= 15 is 0 Å². The van der Waals surface area contributed by atoms with Crippen LogP contribution in [-0.4, -0.2) is 22.5 Å². The minimum Gasteiger partial charge on any atom is -0.484 e. The number of hydrogen-bond acceptors (Lipinski definition) is 5. The van der Waals surface area contributed by atoms with E-state index in [1.807, 2.05) is 54.6 Å². The molecular weight excluding hydrogens is 394 g/mol. The van der Waals surface area contributed by atoms with E-state index in [0.29, 0.717) is 28.0 Å². The largest absolute Gasteiger partial charge is 0.484 e. The first-order chi connectivity index (χ1) is 13.7. The molecule has 5 nitrogen and oxygen atoms in total. The van der Waals surface area contributed by atoms with Gasteiger partial charge in [0.1, 0.15) is 11.3 Å². The molecule has 0 atom stereocenters. The van der Waals surface area contributed by atoms with Gasteiger partial charge in [-0.15, -0.1) is 0 Å². The molecule has 140 valence electrons. The lowest BCUT2D eigenvalue weighted by Gasteiger charge is -2.20. The molecule has 0 N–H and O–H groups in total. The lowest BCUT2D eigenvalue weighted by atomic mass is 10.2. The minimum absolute atomic E-state index is 0.0894. The Morgan fingerprint density at radius 3 is 2.68 bits per heavy atom. The minimum atomic E-state index is -0.192. The van der Waals surface area contributed by atoms with Gasteiger partial charge in [-0.25, -0.2) is 4.98 Å². The predicted octanol–water partition coefficient (Wildman–Crippen LogP) is 4.96. The summed E-state index contributed by atoms with van der Waals surface area (Å²) < 4.78 is 6.58. The van der Waals surface area contributed by atoms with Crippen molar-refractivity contribution in [2.24, 2.45) is 0 Å². The summed E-state index contributed by atoms with van der Waals surface area (Å²) in [5.41, 5.74) is 1.60. The van der Waals surface area contributed by atoms with Crippen LogP contribution in [-0.2, 0) is 11.3 Å². The Morgan fingerprint density at radius 2 is 1.93 bits per heavy atom. The molecule has 0 unspecified atom stereocenters. The number of para-hydroxylation sites is 2. The maximum atomic E-state index is 13.0. The first-order valence-electron chi connectivity index (χ1n) is 8.63. The molecule has 0 radical (unpaired) electrons. The average Bonchev–Trinajstić information content (AvgIpc) is 3.17. The normalized spacial score (nSPS) is 10.8. The summed E-state index contributed by atoms with van der Waals surface area (Å²) in [6, 6.07) is 18.6. The molecule has 0 fully saturated rings. The molecule has 0 aliphatic rings. The highest BCUT2D eigenvalue weighted by molar-refractivity contribution is 7.22. The number of ether oxygens (including phenoxy) is 1. The van der Waals surface area contributed by atoms with Crippen LogP contribution >= 0.6 is 22.9 Å². The van der Waals surface area contributed by atoms with Gasteiger partial charge in [0, 0.05) is 12.4 Å². The molecule has 0 bridgehead atoms. The molecule has 2 heterocycles. The van der Waals surface area contributed by atoms with Gasteiger partial charge in [0.15, 0.2) is 11.7 Å². The third-order valence-electron chi connectivity index (χ3n) is 4.06. The molecule has 2 aromatic heterocycles. The van der Waals surface area contributed by atoms with Crippen molar-refractivity contribution in [2.45, 2.75) is 6.54 Å². The van der Waals surface area contributed by atoms with Crippen molar-refractivity contribution in [3.63, 3.8) is 0 Å². The number of thiazole rings is 1. The molecule has 7 heteroatoms. The fraction of sp³-hybridized carbons (Fsp3) is 0.0952. The van der Waals surface area contributed by atoms with Gasteiger partial charge in [-0.3, -0.25) is 14.7 Å². The number of halogens is 1. The fourth-order valence-corrected chi connectivity index (χ4v) is 3.98. The monoisotopic (exact) mass is 409 g/mol. The van der Waals surface area contributed by atoms with Crippen LogP contribution in [0.5, 0.6) is 5.75 Å². The highest BCUT2D eigenvalue weighted by atomic mass is 35.5. The molecule has 0 saturated heterocycles. The lowest BCUT2D eigenvalue weighted by molar-refractivity contribution is -0.120. The van der Waals surface area contributed by atoms with Gasteiger partial charge in [0.2, 0.25) is 0 Å². The van der Waals surface area contributed by atoms with Crippen LogP contribution in [0, 0.1) is 0 Å². The van der Waals surface area contributed by atoms with Gasteiger partial charge in [0.05, 0.1) is 16.3 Å². The quantitative estimate of drug-likeness (QED) is 0.451. The van der Waals surface area contributed by atoms with Crippen molar-refractivity contribution < 1.29 is 9.53 Å². The number of fused-ring (bicyclic) bond motifs is 1. The van der Waals surface area contributed by atoms with Gasteiger partial charge >= 0.3 is 0 Å². The number of hydrogen-bond donors (Lipinski definition) is 0. The van der Waals surface area contributed by atoms with Crippen LogP contribution in [0.4, 0.5) is 5.13 Å². The highest BCUT2D eigenvalue weighted by Crippen LogP contribution is 2.33. The maximum absolute atomic E-state index is 13.0. The summed E-state index contributed by atoms with van der Waals surface area (Å²) in [6.45, 7) is 0.260. The fourth-order valence-electron chi connectivity index (χ4n) is 2.70. The summed E-state index contributed by atoms with van der Waals surface area (Å²) in [5, 5.41) is 1.14. The topological polar surface area (TPSA) is 55.3 Å². The van der Waals surface area contributed by atoms with Crippen LogP contribution in [0.25, 0.3) is 10.2 Å². The zero-order valence-electron chi connectivity index (χ0n) is 14.8. The van der Waals surface area contributed by atoms with Gasteiger partial charge in [0.25, 0.3) is 5.91 Å². The summed E-state index contributed by atoms with van der Waals surface area (Å²) in [5.74, 6) is 0.451. The summed E-state index contributed by atoms with van der Waals surface area (Å²) >= 11 is 7.68. The first-order valence-corrected chi connectivity index (χ1v) is 9.82. The zero-order valence-corrected chi connectivity index (χ0v) is 16.4. The molecule has 28 heavy (non-hydrogen) atoms. The Morgan fingerprint density at radius 1 is 1.07 bits per heavy atom. The molecule has 4 rings (SSSR count). The third kappa shape index (κ3) is 4.13. The number of anilines is 1. The zero-order chi connectivity index (χ0) is 19.3. The number of rotatable bonds is 6. The first kappa shape index (κ1) is 18.4. The third-order valence-corrected chi connectivity index (χ3v) is 5.41. The number of benzene rings is 2. The van der Waals surface area contributed by atoms with Gasteiger partial charge in [-0.2, -0.15) is 0 Å². The molecule has 2 aromatic carbocycles. The Labute approximate surface area is 171 Å². The van der Waals surface area contributed by atoms with Crippen LogP contribution in [0.15, 0.2) is 73.1 Å². The number of aromatic nitrogens is 2. The Balaban J connectivity index is 1.62. The van der Waals surface area contributed by atoms with E-state index in [9.17, 15) is 4.79 Å². The highest BCUT2D eigenvalue weighted by Gasteiger charge is 2.21. The van der Waals surface area contributed by atoms with E-state index in [4.69, 9.17) is 16.3 Å². The standard InChI is InChI=1S/C21H16ClN3O2S/c22-17-9-4-10-18-20(17)24-21(28-18)25(13-15-6-5-11-23-12-15)19(26)14-27-16-7-2-1-3-8-16/h1-12H,13-14H2. The van der Waals surface area contributed by atoms with Gasteiger partial charge in [-0.1, -0.05) is 53.3 Å². The maximum Gasteiger partial charge on any atom is 0.267 e. The molecule has 4 aromatic rings. The van der Waals surface area contributed by atoms with Crippen LogP contribution < -0.4 is 9.64 Å². The van der Waals surface area contributed by atoms with E-state index in [1.54, 1.807) is 23.4 Å². The molecule has 0 aliphatic carbocycles. The van der Waals surface area contributed by atoms with Crippen molar-refractivity contribution in [2.75, 3.05) is 11.5 Å². The van der Waals surface area contributed by atoms with Gasteiger partial charge in [-0.05, 0) is 35.9 Å². The van der Waals surface area contributed by atoms with Crippen molar-refractivity contribution in [1.29, 1.82) is 0 Å². The van der Waals surface area contributed by atoms with Crippen LogP contribution in [0.3, 0.4) is 0 Å². The van der Waals surface area contributed by atoms with E-state index < -0.39 is 0 Å². The number of amides is 1. The molecule has 0 aliphatic heterocycles. The second-order valence-electron chi connectivity index (χ2n) is 6.03. The summed E-state index contributed by atoms with van der Waals surface area (Å²) in [6.07, 6.45) is 3.43. The van der Waals surface area contributed by atoms with E-state index in [0.717, 1.165) is 10.3 Å². The number of pyridine rings is 1. The Bertz CT molecular complexity index is 1090. The Kier molecular flexibility index (Phi) is 5.50.